The van der Waals surface area contributed by atoms with Crippen molar-refractivity contribution in [2.45, 2.75) is 64.7 Å². The van der Waals surface area contributed by atoms with E-state index in [-0.39, 0.29) is 29.3 Å². The van der Waals surface area contributed by atoms with Gasteiger partial charge in [0.05, 0.1) is 13.2 Å². The molecule has 49 heavy (non-hydrogen) atoms. The molecule has 4 aromatic carbocycles. The highest BCUT2D eigenvalue weighted by Crippen LogP contribution is 2.47. The minimum atomic E-state index is 0.0556. The Balaban J connectivity index is 0.961. The molecule has 258 valence electrons. The summed E-state index contributed by atoms with van der Waals surface area (Å²) in [5.74, 6) is 2.53. The number of Topliss-reactive ketones (excluding diaryl/α,β-unsaturated/α-hetero) is 1. The van der Waals surface area contributed by atoms with Gasteiger partial charge in [0.15, 0.2) is 5.78 Å². The molecule has 0 aliphatic carbocycles. The minimum absolute atomic E-state index is 0.0556. The fraction of sp³-hybridized carbons (Fsp3) is 0.419. The maximum Gasteiger partial charge on any atom is 0.165 e. The Morgan fingerprint density at radius 3 is 2.39 bits per heavy atom. The Labute approximate surface area is 292 Å². The first-order chi connectivity index (χ1) is 23.9. The second-order valence-electron chi connectivity index (χ2n) is 13.7. The maximum absolute atomic E-state index is 12.7. The number of benzene rings is 4. The zero-order valence-corrected chi connectivity index (χ0v) is 29.4. The van der Waals surface area contributed by atoms with E-state index in [0.717, 1.165) is 86.6 Å². The molecule has 0 saturated carbocycles. The highest BCUT2D eigenvalue weighted by atomic mass is 16.5. The fourth-order valence-electron chi connectivity index (χ4n) is 7.37. The quantitative estimate of drug-likeness (QED) is 0.108. The number of phenols is 1. The predicted octanol–water partition coefficient (Wildman–Crippen LogP) is 8.86. The molecule has 0 bridgehead atoms. The number of ketones is 1. The number of carbonyl (C=O) groups excluding carboxylic acids is 1. The van der Waals surface area contributed by atoms with Crippen LogP contribution in [0.3, 0.4) is 0 Å². The topological polar surface area (TPSA) is 62.2 Å². The third kappa shape index (κ3) is 8.30. The van der Waals surface area contributed by atoms with E-state index in [1.165, 1.54) is 23.2 Å². The SMILES string of the molecule is CCc1cc(OCCCCCN2CCN(c3ccc(C4c5ccc(O)cc5OCC4c4ccccc4)cc3)CC2)ccc1C(=O)C(C)CC. The van der Waals surface area contributed by atoms with Gasteiger partial charge in [0.1, 0.15) is 17.2 Å². The monoisotopic (exact) mass is 660 g/mol. The van der Waals surface area contributed by atoms with Gasteiger partial charge in [0.25, 0.3) is 0 Å². The molecule has 0 aromatic heterocycles. The van der Waals surface area contributed by atoms with Crippen LogP contribution in [0.5, 0.6) is 17.2 Å². The maximum atomic E-state index is 12.7. The second kappa shape index (κ2) is 16.4. The molecule has 1 saturated heterocycles. The summed E-state index contributed by atoms with van der Waals surface area (Å²) in [6, 6.07) is 31.3. The summed E-state index contributed by atoms with van der Waals surface area (Å²) < 4.78 is 12.2. The Morgan fingerprint density at radius 2 is 1.65 bits per heavy atom. The number of ether oxygens (including phenoxy) is 2. The molecule has 0 radical (unpaired) electrons. The van der Waals surface area contributed by atoms with E-state index in [0.29, 0.717) is 13.2 Å². The third-order valence-electron chi connectivity index (χ3n) is 10.5. The van der Waals surface area contributed by atoms with Crippen molar-refractivity contribution in [2.24, 2.45) is 5.92 Å². The van der Waals surface area contributed by atoms with Crippen molar-refractivity contribution < 1.29 is 19.4 Å². The first kappa shape index (κ1) is 34.6. The molecule has 2 aliphatic heterocycles. The van der Waals surface area contributed by atoms with Gasteiger partial charge in [-0.05, 0) is 91.7 Å². The van der Waals surface area contributed by atoms with Crippen LogP contribution >= 0.6 is 0 Å². The average molecular weight is 661 g/mol. The lowest BCUT2D eigenvalue weighted by atomic mass is 9.76. The predicted molar refractivity (Wildman–Crippen MR) is 199 cm³/mol. The molecule has 0 spiro atoms. The van der Waals surface area contributed by atoms with Crippen molar-refractivity contribution in [2.75, 3.05) is 50.8 Å². The van der Waals surface area contributed by atoms with E-state index >= 15 is 0 Å². The number of aromatic hydroxyl groups is 1. The number of nitrogens with zero attached hydrogens (tertiary/aromatic N) is 2. The molecule has 1 fully saturated rings. The van der Waals surface area contributed by atoms with Crippen LogP contribution < -0.4 is 14.4 Å². The number of piperazine rings is 1. The van der Waals surface area contributed by atoms with Gasteiger partial charge in [-0.2, -0.15) is 0 Å². The van der Waals surface area contributed by atoms with Gasteiger partial charge >= 0.3 is 0 Å². The number of unbranched alkanes of at least 4 members (excludes halogenated alkanes) is 2. The van der Waals surface area contributed by atoms with Crippen LogP contribution in [0.15, 0.2) is 91.0 Å². The van der Waals surface area contributed by atoms with E-state index in [9.17, 15) is 9.90 Å². The van der Waals surface area contributed by atoms with Gasteiger partial charge < -0.3 is 19.5 Å². The largest absolute Gasteiger partial charge is 0.508 e. The van der Waals surface area contributed by atoms with E-state index in [1.807, 2.05) is 25.1 Å². The number of aryl methyl sites for hydroxylation is 1. The van der Waals surface area contributed by atoms with Gasteiger partial charge in [0.2, 0.25) is 0 Å². The second-order valence-corrected chi connectivity index (χ2v) is 13.7. The Bertz CT molecular complexity index is 1660. The van der Waals surface area contributed by atoms with E-state index in [1.54, 1.807) is 12.1 Å². The lowest BCUT2D eigenvalue weighted by molar-refractivity contribution is 0.0926. The molecule has 3 unspecified atom stereocenters. The van der Waals surface area contributed by atoms with Gasteiger partial charge in [-0.3, -0.25) is 9.69 Å². The molecular formula is C43H52N2O4. The van der Waals surface area contributed by atoms with Crippen LogP contribution in [0.25, 0.3) is 0 Å². The van der Waals surface area contributed by atoms with Crippen LogP contribution in [0, 0.1) is 5.92 Å². The standard InChI is InChI=1S/C43H52N2O4/c1-4-31(3)43(47)38-21-19-37(28-32(38)5-2)48-27-11-7-10-22-44-23-25-45(26-24-44)35-16-14-34(15-17-35)42-39-20-18-36(46)29-41(39)49-30-40(42)33-12-8-6-9-13-33/h6,8-9,12-21,28-29,31,40,42,46H,4-5,7,10-11,22-27,30H2,1-3H3. The molecular weight excluding hydrogens is 608 g/mol. The molecule has 6 rings (SSSR count). The summed E-state index contributed by atoms with van der Waals surface area (Å²) in [6.07, 6.45) is 5.05. The van der Waals surface area contributed by atoms with Crippen LogP contribution in [0.1, 0.15) is 90.9 Å². The molecule has 2 aliphatic rings. The Kier molecular flexibility index (Phi) is 11.6. The zero-order valence-electron chi connectivity index (χ0n) is 29.4. The van der Waals surface area contributed by atoms with Crippen LogP contribution in [-0.4, -0.2) is 61.7 Å². The highest BCUT2D eigenvalue weighted by molar-refractivity contribution is 5.99. The van der Waals surface area contributed by atoms with Crippen LogP contribution in [0.2, 0.25) is 0 Å². The normalized spacial score (nSPS) is 18.4. The minimum Gasteiger partial charge on any atom is -0.508 e. The van der Waals surface area contributed by atoms with Gasteiger partial charge in [-0.25, -0.2) is 0 Å². The number of rotatable bonds is 14. The van der Waals surface area contributed by atoms with Crippen molar-refractivity contribution in [1.29, 1.82) is 0 Å². The molecule has 2 heterocycles. The summed E-state index contributed by atoms with van der Waals surface area (Å²) in [4.78, 5) is 17.8. The average Bonchev–Trinajstić information content (AvgIpc) is 3.15. The lowest BCUT2D eigenvalue weighted by Gasteiger charge is -2.37. The number of hydrogen-bond donors (Lipinski definition) is 1. The van der Waals surface area contributed by atoms with Crippen molar-refractivity contribution in [3.05, 3.63) is 119 Å². The van der Waals surface area contributed by atoms with Crippen molar-refractivity contribution >= 4 is 11.5 Å². The zero-order chi connectivity index (χ0) is 34.2. The van der Waals surface area contributed by atoms with Crippen LogP contribution in [0.4, 0.5) is 5.69 Å². The van der Waals surface area contributed by atoms with Crippen molar-refractivity contribution in [3.63, 3.8) is 0 Å². The third-order valence-corrected chi connectivity index (χ3v) is 10.5. The molecule has 3 atom stereocenters. The smallest absolute Gasteiger partial charge is 0.165 e. The van der Waals surface area contributed by atoms with Crippen molar-refractivity contribution in [3.8, 4) is 17.2 Å². The number of carbonyl (C=O) groups is 1. The fourth-order valence-corrected chi connectivity index (χ4v) is 7.37. The molecule has 6 nitrogen and oxygen atoms in total. The van der Waals surface area contributed by atoms with Crippen LogP contribution in [-0.2, 0) is 6.42 Å². The van der Waals surface area contributed by atoms with E-state index in [2.05, 4.69) is 84.3 Å². The number of anilines is 1. The summed E-state index contributed by atoms with van der Waals surface area (Å²) in [5.41, 5.74) is 6.88. The number of phenolic OH excluding ortho intramolecular Hbond substituents is 1. The summed E-state index contributed by atoms with van der Waals surface area (Å²) >= 11 is 0. The molecule has 0 amide bonds. The first-order valence-electron chi connectivity index (χ1n) is 18.3. The molecule has 4 aromatic rings. The van der Waals surface area contributed by atoms with Gasteiger partial charge in [0, 0.05) is 66.8 Å². The Hall–Kier alpha value is -4.29. The van der Waals surface area contributed by atoms with E-state index < -0.39 is 0 Å². The summed E-state index contributed by atoms with van der Waals surface area (Å²) in [7, 11) is 0. The number of fused-ring (bicyclic) bond motifs is 1. The van der Waals surface area contributed by atoms with E-state index in [4.69, 9.17) is 9.47 Å². The van der Waals surface area contributed by atoms with Gasteiger partial charge in [-0.1, -0.05) is 69.3 Å². The molecule has 1 N–H and O–H groups in total. The molecule has 6 heteroatoms. The Morgan fingerprint density at radius 1 is 0.878 bits per heavy atom. The number of hydrogen-bond acceptors (Lipinski definition) is 6. The first-order valence-corrected chi connectivity index (χ1v) is 18.3. The lowest BCUT2D eigenvalue weighted by Crippen LogP contribution is -2.46. The van der Waals surface area contributed by atoms with Gasteiger partial charge in [-0.15, -0.1) is 0 Å². The summed E-state index contributed by atoms with van der Waals surface area (Å²) in [5, 5.41) is 10.1. The van der Waals surface area contributed by atoms with Crippen molar-refractivity contribution in [1.82, 2.24) is 4.90 Å². The highest BCUT2D eigenvalue weighted by Gasteiger charge is 2.33. The summed E-state index contributed by atoms with van der Waals surface area (Å²) in [6.45, 7) is 12.8.